The molecule has 1 fully saturated rings. The number of benzene rings is 1. The zero-order chi connectivity index (χ0) is 22.1. The minimum absolute atomic E-state index is 0.00758. The van der Waals surface area contributed by atoms with Crippen molar-refractivity contribution in [3.05, 3.63) is 57.5 Å². The monoisotopic (exact) mass is 466 g/mol. The van der Waals surface area contributed by atoms with Crippen LogP contribution in [0.2, 0.25) is 0 Å². The van der Waals surface area contributed by atoms with Crippen molar-refractivity contribution < 1.29 is 9.53 Å². The molecule has 31 heavy (non-hydrogen) atoms. The summed E-state index contributed by atoms with van der Waals surface area (Å²) in [4.78, 5) is 26.4. The molecule has 0 spiro atoms. The molecular weight excluding hydrogens is 439 g/mol. The number of halogens is 2. The Morgan fingerprint density at radius 2 is 1.87 bits per heavy atom. The smallest absolute Gasteiger partial charge is 0.267 e. The zero-order valence-electron chi connectivity index (χ0n) is 17.4. The summed E-state index contributed by atoms with van der Waals surface area (Å²) in [5.74, 6) is 0.693. The number of rotatable bonds is 5. The van der Waals surface area contributed by atoms with E-state index in [0.717, 1.165) is 49.0 Å². The van der Waals surface area contributed by atoms with Gasteiger partial charge in [0.2, 0.25) is 0 Å². The number of alkyl halides is 2. The molecule has 1 aromatic heterocycles. The summed E-state index contributed by atoms with van der Waals surface area (Å²) in [6.45, 7) is 2.08. The van der Waals surface area contributed by atoms with Crippen molar-refractivity contribution in [1.82, 2.24) is 20.4 Å². The normalized spacial score (nSPS) is 17.9. The fraction of sp³-hybridized carbons (Fsp3) is 0.500. The largest absolute Gasteiger partial charge is 0.484 e. The number of para-hydroxylation sites is 1. The van der Waals surface area contributed by atoms with Gasteiger partial charge in [-0.05, 0) is 43.4 Å². The maximum atomic E-state index is 12.6. The van der Waals surface area contributed by atoms with Crippen molar-refractivity contribution in [2.24, 2.45) is 0 Å². The van der Waals surface area contributed by atoms with E-state index >= 15 is 0 Å². The molecule has 1 unspecified atom stereocenters. The second-order valence-corrected chi connectivity index (χ2v) is 8.37. The van der Waals surface area contributed by atoms with Gasteiger partial charge in [-0.2, -0.15) is 5.10 Å². The van der Waals surface area contributed by atoms with Crippen molar-refractivity contribution in [1.29, 1.82) is 0 Å². The molecule has 1 atom stereocenters. The fourth-order valence-electron chi connectivity index (χ4n) is 4.07. The molecule has 2 aliphatic rings. The van der Waals surface area contributed by atoms with Crippen LogP contribution in [0.3, 0.4) is 0 Å². The molecule has 1 aromatic carbocycles. The number of hydrogen-bond acceptors (Lipinski definition) is 5. The first-order valence-electron chi connectivity index (χ1n) is 10.5. The second-order valence-electron chi connectivity index (χ2n) is 7.56. The van der Waals surface area contributed by atoms with E-state index in [1.807, 2.05) is 35.2 Å². The highest BCUT2D eigenvalue weighted by Gasteiger charge is 2.26. The quantitative estimate of drug-likeness (QED) is 0.660. The van der Waals surface area contributed by atoms with E-state index in [1.165, 1.54) is 0 Å². The maximum absolute atomic E-state index is 12.6. The standard InChI is InChI=1S/C21H26N4O3.CH2Cl2/c26-20(14-28-16-6-2-1-3-7-16)25-11-10-22-15(13-25)12-19-17-8-4-5-9-18(17)21(27)24-23-19;2-1-3/h1-3,6-7,15,22H,4-5,8-14H2,(H,24,27);1H2. The molecule has 1 saturated heterocycles. The summed E-state index contributed by atoms with van der Waals surface area (Å²) >= 11 is 9.53. The van der Waals surface area contributed by atoms with Gasteiger partial charge in [-0.1, -0.05) is 18.2 Å². The Kier molecular flexibility index (Phi) is 9.18. The summed E-state index contributed by atoms with van der Waals surface area (Å²) in [7, 11) is 0. The Bertz CT molecular complexity index is 907. The van der Waals surface area contributed by atoms with Gasteiger partial charge in [0.15, 0.2) is 6.61 Å². The molecule has 1 aliphatic carbocycles. The van der Waals surface area contributed by atoms with Gasteiger partial charge >= 0.3 is 0 Å². The highest BCUT2D eigenvalue weighted by molar-refractivity contribution is 6.40. The lowest BCUT2D eigenvalue weighted by atomic mass is 9.90. The van der Waals surface area contributed by atoms with Gasteiger partial charge in [0.25, 0.3) is 11.5 Å². The van der Waals surface area contributed by atoms with E-state index in [9.17, 15) is 9.59 Å². The van der Waals surface area contributed by atoms with E-state index in [2.05, 4.69) is 15.5 Å². The average Bonchev–Trinajstić information content (AvgIpc) is 2.81. The molecule has 4 rings (SSSR count). The summed E-state index contributed by atoms with van der Waals surface area (Å²) in [5.41, 5.74) is 2.93. The molecule has 0 radical (unpaired) electrons. The van der Waals surface area contributed by atoms with Gasteiger partial charge in [0, 0.05) is 37.7 Å². The molecule has 9 heteroatoms. The van der Waals surface area contributed by atoms with Crippen molar-refractivity contribution in [2.45, 2.75) is 38.1 Å². The van der Waals surface area contributed by atoms with Gasteiger partial charge in [0.1, 0.15) is 5.75 Å². The number of piperazine rings is 1. The van der Waals surface area contributed by atoms with Crippen LogP contribution in [0.4, 0.5) is 0 Å². The van der Waals surface area contributed by atoms with Gasteiger partial charge in [-0.3, -0.25) is 9.59 Å². The minimum Gasteiger partial charge on any atom is -0.484 e. The molecular formula is C22H28Cl2N4O3. The van der Waals surface area contributed by atoms with Crippen LogP contribution in [0.1, 0.15) is 29.7 Å². The van der Waals surface area contributed by atoms with Crippen LogP contribution in [0, 0.1) is 0 Å². The lowest BCUT2D eigenvalue weighted by molar-refractivity contribution is -0.134. The Morgan fingerprint density at radius 1 is 1.16 bits per heavy atom. The van der Waals surface area contributed by atoms with E-state index in [1.54, 1.807) is 0 Å². The van der Waals surface area contributed by atoms with Crippen LogP contribution in [-0.2, 0) is 24.1 Å². The number of carbonyl (C=O) groups is 1. The average molecular weight is 467 g/mol. The van der Waals surface area contributed by atoms with Crippen LogP contribution in [0.25, 0.3) is 0 Å². The van der Waals surface area contributed by atoms with E-state index in [0.29, 0.717) is 25.3 Å². The summed E-state index contributed by atoms with van der Waals surface area (Å²) in [6, 6.07) is 9.51. The fourth-order valence-corrected chi connectivity index (χ4v) is 4.07. The first-order chi connectivity index (χ1) is 15.1. The van der Waals surface area contributed by atoms with Crippen molar-refractivity contribution in [3.63, 3.8) is 0 Å². The number of ether oxygens (including phenoxy) is 1. The van der Waals surface area contributed by atoms with E-state index in [-0.39, 0.29) is 29.5 Å². The predicted molar refractivity (Wildman–Crippen MR) is 122 cm³/mol. The number of carbonyl (C=O) groups excluding carboxylic acids is 1. The Morgan fingerprint density at radius 3 is 2.61 bits per heavy atom. The summed E-state index contributed by atoms with van der Waals surface area (Å²) in [5, 5.41) is 10.7. The zero-order valence-corrected chi connectivity index (χ0v) is 18.9. The number of nitrogens with one attached hydrogen (secondary N) is 2. The number of nitrogens with zero attached hydrogens (tertiary/aromatic N) is 2. The van der Waals surface area contributed by atoms with Crippen LogP contribution < -0.4 is 15.6 Å². The lowest BCUT2D eigenvalue weighted by Crippen LogP contribution is -2.54. The van der Waals surface area contributed by atoms with Crippen molar-refractivity contribution in [3.8, 4) is 5.75 Å². The topological polar surface area (TPSA) is 87.3 Å². The number of hydrogen-bond donors (Lipinski definition) is 2. The van der Waals surface area contributed by atoms with Gasteiger partial charge in [0.05, 0.1) is 11.0 Å². The highest BCUT2D eigenvalue weighted by atomic mass is 35.5. The number of fused-ring (bicyclic) bond motifs is 1. The number of H-pyrrole nitrogens is 1. The van der Waals surface area contributed by atoms with Crippen LogP contribution >= 0.6 is 23.2 Å². The molecule has 2 aromatic rings. The number of amides is 1. The highest BCUT2D eigenvalue weighted by Crippen LogP contribution is 2.21. The van der Waals surface area contributed by atoms with Gasteiger partial charge in [-0.15, -0.1) is 23.2 Å². The number of aromatic nitrogens is 2. The minimum atomic E-state index is -0.0510. The second kappa shape index (κ2) is 12.1. The summed E-state index contributed by atoms with van der Waals surface area (Å²) < 4.78 is 5.60. The van der Waals surface area contributed by atoms with Gasteiger partial charge in [-0.25, -0.2) is 5.10 Å². The molecule has 2 N–H and O–H groups in total. The van der Waals surface area contributed by atoms with Crippen LogP contribution in [0.15, 0.2) is 35.1 Å². The third kappa shape index (κ3) is 6.69. The molecule has 168 valence electrons. The molecule has 1 aliphatic heterocycles. The van der Waals surface area contributed by atoms with E-state index in [4.69, 9.17) is 27.9 Å². The molecule has 2 heterocycles. The molecule has 0 saturated carbocycles. The Hall–Kier alpha value is -2.09. The maximum Gasteiger partial charge on any atom is 0.267 e. The predicted octanol–water partition coefficient (Wildman–Crippen LogP) is 2.49. The first kappa shape index (κ1) is 23.6. The number of aromatic amines is 1. The van der Waals surface area contributed by atoms with Crippen molar-refractivity contribution in [2.75, 3.05) is 31.6 Å². The molecule has 0 bridgehead atoms. The Labute approximate surface area is 192 Å². The third-order valence-electron chi connectivity index (χ3n) is 5.54. The third-order valence-corrected chi connectivity index (χ3v) is 5.54. The van der Waals surface area contributed by atoms with Crippen LogP contribution in [-0.4, -0.2) is 58.6 Å². The molecule has 1 amide bonds. The SMILES string of the molecule is ClCCl.O=C(COc1ccccc1)N1CCNC(Cc2n[nH]c(=O)c3c2CCCC3)C1. The van der Waals surface area contributed by atoms with Gasteiger partial charge < -0.3 is 15.0 Å². The lowest BCUT2D eigenvalue weighted by Gasteiger charge is -2.34. The van der Waals surface area contributed by atoms with E-state index < -0.39 is 0 Å². The van der Waals surface area contributed by atoms with Crippen LogP contribution in [0.5, 0.6) is 5.75 Å². The first-order valence-corrected chi connectivity index (χ1v) is 11.6. The van der Waals surface area contributed by atoms with Crippen molar-refractivity contribution >= 4 is 29.1 Å². The molecule has 7 nitrogen and oxygen atoms in total. The Balaban J connectivity index is 0.000000858. The summed E-state index contributed by atoms with van der Waals surface area (Å²) in [6.07, 6.45) is 4.62.